The van der Waals surface area contributed by atoms with Crippen LogP contribution in [0.25, 0.3) is 0 Å². The minimum absolute atomic E-state index is 0.0161. The van der Waals surface area contributed by atoms with Gasteiger partial charge in [0.15, 0.2) is 0 Å². The second kappa shape index (κ2) is 7.13. The third-order valence-corrected chi connectivity index (χ3v) is 4.06. The number of nitrogens with zero attached hydrogens (tertiary/aromatic N) is 2. The monoisotopic (exact) mass is 299 g/mol. The lowest BCUT2D eigenvalue weighted by Crippen LogP contribution is -2.19. The zero-order valence-electron chi connectivity index (χ0n) is 13.2. The summed E-state index contributed by atoms with van der Waals surface area (Å²) in [5, 5.41) is 7.39. The van der Waals surface area contributed by atoms with Crippen molar-refractivity contribution >= 4 is 23.4 Å². The van der Waals surface area contributed by atoms with Gasteiger partial charge in [-0.2, -0.15) is 5.10 Å². The number of methoxy groups -OCH3 is 1. The lowest BCUT2D eigenvalue weighted by molar-refractivity contribution is -0.113. The summed E-state index contributed by atoms with van der Waals surface area (Å²) in [6, 6.07) is 0. The van der Waals surface area contributed by atoms with Gasteiger partial charge >= 0.3 is 0 Å². The van der Waals surface area contributed by atoms with Gasteiger partial charge in [0.05, 0.1) is 36.0 Å². The average molecular weight is 299 g/mol. The van der Waals surface area contributed by atoms with Crippen LogP contribution >= 0.6 is 11.8 Å². The highest BCUT2D eigenvalue weighted by atomic mass is 32.2. The molecular formula is C14H25N3O2S. The molecule has 0 fully saturated rings. The van der Waals surface area contributed by atoms with E-state index in [1.54, 1.807) is 18.9 Å². The molecule has 0 unspecified atom stereocenters. The lowest BCUT2D eigenvalue weighted by Gasteiger charge is -2.17. The molecular weight excluding hydrogens is 274 g/mol. The molecule has 5 nitrogen and oxygen atoms in total. The SMILES string of the molecule is COCCn1nc(C)c(NC(=O)CSC(C)(C)C)c1C. The zero-order chi connectivity index (χ0) is 15.3. The Kier molecular flexibility index (Phi) is 6.07. The van der Waals surface area contributed by atoms with Gasteiger partial charge in [0.25, 0.3) is 0 Å². The maximum Gasteiger partial charge on any atom is 0.234 e. The Balaban J connectivity index is 2.67. The molecule has 1 N–H and O–H groups in total. The number of hydrogen-bond acceptors (Lipinski definition) is 4. The normalized spacial score (nSPS) is 11.7. The molecule has 1 rings (SSSR count). The smallest absolute Gasteiger partial charge is 0.234 e. The summed E-state index contributed by atoms with van der Waals surface area (Å²) in [4.78, 5) is 12.0. The third kappa shape index (κ3) is 5.17. The molecule has 1 amide bonds. The molecule has 1 aromatic heterocycles. The molecule has 0 bridgehead atoms. The van der Waals surface area contributed by atoms with Crippen molar-refractivity contribution in [3.8, 4) is 0 Å². The van der Waals surface area contributed by atoms with Crippen molar-refractivity contribution in [3.05, 3.63) is 11.4 Å². The minimum atomic E-state index is 0.0161. The van der Waals surface area contributed by atoms with E-state index < -0.39 is 0 Å². The Bertz CT molecular complexity index is 464. The van der Waals surface area contributed by atoms with E-state index in [0.29, 0.717) is 18.9 Å². The average Bonchev–Trinajstić information content (AvgIpc) is 2.60. The molecule has 0 atom stereocenters. The summed E-state index contributed by atoms with van der Waals surface area (Å²) in [6.07, 6.45) is 0. The highest BCUT2D eigenvalue weighted by Crippen LogP contribution is 2.24. The van der Waals surface area contributed by atoms with E-state index in [2.05, 4.69) is 31.2 Å². The van der Waals surface area contributed by atoms with Crippen LogP contribution in [-0.4, -0.2) is 39.9 Å². The van der Waals surface area contributed by atoms with E-state index in [9.17, 15) is 4.79 Å². The number of anilines is 1. The van der Waals surface area contributed by atoms with Crippen LogP contribution < -0.4 is 5.32 Å². The van der Waals surface area contributed by atoms with E-state index in [0.717, 1.165) is 17.1 Å². The number of carbonyl (C=O) groups is 1. The number of rotatable bonds is 6. The Morgan fingerprint density at radius 3 is 2.60 bits per heavy atom. The fourth-order valence-corrected chi connectivity index (χ4v) is 2.37. The van der Waals surface area contributed by atoms with Gasteiger partial charge in [0.1, 0.15) is 0 Å². The minimum Gasteiger partial charge on any atom is -0.383 e. The first-order valence-electron chi connectivity index (χ1n) is 6.71. The van der Waals surface area contributed by atoms with Gasteiger partial charge in [-0.3, -0.25) is 9.48 Å². The van der Waals surface area contributed by atoms with Gasteiger partial charge in [-0.1, -0.05) is 20.8 Å². The predicted molar refractivity (Wildman–Crippen MR) is 84.4 cm³/mol. The van der Waals surface area contributed by atoms with Crippen molar-refractivity contribution in [2.24, 2.45) is 0 Å². The molecule has 0 aliphatic rings. The number of carbonyl (C=O) groups excluding carboxylic acids is 1. The number of aromatic nitrogens is 2. The highest BCUT2D eigenvalue weighted by Gasteiger charge is 2.17. The molecule has 1 heterocycles. The van der Waals surface area contributed by atoms with Gasteiger partial charge in [-0.05, 0) is 13.8 Å². The van der Waals surface area contributed by atoms with Crippen molar-refractivity contribution in [2.75, 3.05) is 24.8 Å². The van der Waals surface area contributed by atoms with Crippen LogP contribution in [0.15, 0.2) is 0 Å². The number of amides is 1. The number of aryl methyl sites for hydroxylation is 1. The molecule has 0 aromatic carbocycles. The molecule has 0 saturated heterocycles. The van der Waals surface area contributed by atoms with Crippen molar-refractivity contribution in [1.82, 2.24) is 9.78 Å². The number of thioether (sulfide) groups is 1. The summed E-state index contributed by atoms with van der Waals surface area (Å²) in [5.74, 6) is 0.466. The zero-order valence-corrected chi connectivity index (χ0v) is 14.1. The van der Waals surface area contributed by atoms with Crippen molar-refractivity contribution < 1.29 is 9.53 Å². The summed E-state index contributed by atoms with van der Waals surface area (Å²) in [6.45, 7) is 11.5. The van der Waals surface area contributed by atoms with Crippen LogP contribution in [0.2, 0.25) is 0 Å². The molecule has 6 heteroatoms. The summed E-state index contributed by atoms with van der Waals surface area (Å²) < 4.78 is 7.01. The molecule has 0 aliphatic carbocycles. The van der Waals surface area contributed by atoms with E-state index in [4.69, 9.17) is 4.74 Å². The third-order valence-electron chi connectivity index (χ3n) is 2.79. The molecule has 1 aromatic rings. The predicted octanol–water partition coefficient (Wildman–Crippen LogP) is 2.62. The van der Waals surface area contributed by atoms with Gasteiger partial charge in [0, 0.05) is 11.9 Å². The number of nitrogens with one attached hydrogen (secondary N) is 1. The molecule has 0 spiro atoms. The Morgan fingerprint density at radius 1 is 1.40 bits per heavy atom. The van der Waals surface area contributed by atoms with Crippen LogP contribution in [-0.2, 0) is 16.1 Å². The molecule has 0 saturated carbocycles. The largest absolute Gasteiger partial charge is 0.383 e. The molecule has 114 valence electrons. The quantitative estimate of drug-likeness (QED) is 0.877. The highest BCUT2D eigenvalue weighted by molar-refractivity contribution is 8.01. The topological polar surface area (TPSA) is 56.1 Å². The van der Waals surface area contributed by atoms with Gasteiger partial charge < -0.3 is 10.1 Å². The van der Waals surface area contributed by atoms with Crippen molar-refractivity contribution in [1.29, 1.82) is 0 Å². The van der Waals surface area contributed by atoms with Crippen LogP contribution in [0.3, 0.4) is 0 Å². The maximum atomic E-state index is 12.0. The van der Waals surface area contributed by atoms with Crippen LogP contribution in [0.4, 0.5) is 5.69 Å². The van der Waals surface area contributed by atoms with Gasteiger partial charge in [0.2, 0.25) is 5.91 Å². The first-order valence-corrected chi connectivity index (χ1v) is 7.70. The summed E-state index contributed by atoms with van der Waals surface area (Å²) >= 11 is 1.63. The van der Waals surface area contributed by atoms with Crippen molar-refractivity contribution in [3.63, 3.8) is 0 Å². The van der Waals surface area contributed by atoms with Gasteiger partial charge in [-0.15, -0.1) is 11.8 Å². The number of hydrogen-bond donors (Lipinski definition) is 1. The van der Waals surface area contributed by atoms with Crippen LogP contribution in [0.1, 0.15) is 32.2 Å². The molecule has 0 aliphatic heterocycles. The van der Waals surface area contributed by atoms with E-state index in [1.165, 1.54) is 0 Å². The second-order valence-corrected chi connectivity index (χ2v) is 7.51. The van der Waals surface area contributed by atoms with Crippen LogP contribution in [0.5, 0.6) is 0 Å². The van der Waals surface area contributed by atoms with E-state index >= 15 is 0 Å². The summed E-state index contributed by atoms with van der Waals surface area (Å²) in [7, 11) is 1.66. The standard InChI is InChI=1S/C14H25N3O2S/c1-10-13(11(2)17(16-10)7-8-19-6)15-12(18)9-20-14(3,4)5/h7-9H2,1-6H3,(H,15,18). The van der Waals surface area contributed by atoms with Crippen LogP contribution in [0, 0.1) is 13.8 Å². The Hall–Kier alpha value is -1.01. The number of ether oxygens (including phenoxy) is 1. The van der Waals surface area contributed by atoms with Crippen molar-refractivity contribution in [2.45, 2.75) is 45.9 Å². The fraction of sp³-hybridized carbons (Fsp3) is 0.714. The Labute approximate surface area is 125 Å². The van der Waals surface area contributed by atoms with E-state index in [-0.39, 0.29) is 10.7 Å². The first-order chi connectivity index (χ1) is 9.24. The lowest BCUT2D eigenvalue weighted by atomic mass is 10.3. The molecule has 0 radical (unpaired) electrons. The maximum absolute atomic E-state index is 12.0. The second-order valence-electron chi connectivity index (χ2n) is 5.71. The first kappa shape index (κ1) is 17.0. The fourth-order valence-electron chi connectivity index (χ4n) is 1.73. The van der Waals surface area contributed by atoms with Gasteiger partial charge in [-0.25, -0.2) is 0 Å². The Morgan fingerprint density at radius 2 is 2.05 bits per heavy atom. The van der Waals surface area contributed by atoms with E-state index in [1.807, 2.05) is 18.5 Å². The molecule has 20 heavy (non-hydrogen) atoms. The summed E-state index contributed by atoms with van der Waals surface area (Å²) in [5.41, 5.74) is 2.63.